The Labute approximate surface area is 128 Å². The molecule has 0 bridgehead atoms. The van der Waals surface area contributed by atoms with E-state index < -0.39 is 8.32 Å². The molecular formula is C17H24N2OSi. The Morgan fingerprint density at radius 1 is 1.24 bits per heavy atom. The molecule has 1 heterocycles. The molecule has 0 atom stereocenters. The van der Waals surface area contributed by atoms with Gasteiger partial charge in [0.2, 0.25) is 0 Å². The van der Waals surface area contributed by atoms with Gasteiger partial charge in [-0.25, -0.2) is 0 Å². The Bertz CT molecular complexity index is 674. The van der Waals surface area contributed by atoms with Gasteiger partial charge in [0.25, 0.3) is 0 Å². The number of benzene rings is 1. The fourth-order valence-corrected chi connectivity index (χ4v) is 3.17. The summed E-state index contributed by atoms with van der Waals surface area (Å²) in [4.78, 5) is 0. The summed E-state index contributed by atoms with van der Waals surface area (Å²) in [5.41, 5.74) is 1.84. The molecule has 21 heavy (non-hydrogen) atoms. The molecule has 0 fully saturated rings. The molecule has 0 spiro atoms. The number of hydrogen-bond acceptors (Lipinski definition) is 2. The molecule has 1 aromatic heterocycles. The average molecular weight is 300 g/mol. The SMILES string of the molecule is CC(C)(C)[Si](C)(C)OCCn1cc(C#N)c2ccccc21. The van der Waals surface area contributed by atoms with Crippen LogP contribution in [0.1, 0.15) is 26.3 Å². The van der Waals surface area contributed by atoms with Gasteiger partial charge in [0, 0.05) is 23.6 Å². The van der Waals surface area contributed by atoms with Crippen LogP contribution in [0.15, 0.2) is 30.5 Å². The van der Waals surface area contributed by atoms with Gasteiger partial charge < -0.3 is 8.99 Å². The molecule has 112 valence electrons. The van der Waals surface area contributed by atoms with E-state index in [0.29, 0.717) is 6.61 Å². The van der Waals surface area contributed by atoms with Crippen molar-refractivity contribution in [2.24, 2.45) is 0 Å². The predicted octanol–water partition coefficient (Wildman–Crippen LogP) is 4.53. The van der Waals surface area contributed by atoms with E-state index >= 15 is 0 Å². The van der Waals surface area contributed by atoms with Gasteiger partial charge in [0.15, 0.2) is 8.32 Å². The fraction of sp³-hybridized carbons (Fsp3) is 0.471. The van der Waals surface area contributed by atoms with Crippen LogP contribution in [0.5, 0.6) is 0 Å². The van der Waals surface area contributed by atoms with E-state index in [1.54, 1.807) is 0 Å². The quantitative estimate of drug-likeness (QED) is 0.778. The maximum atomic E-state index is 9.22. The summed E-state index contributed by atoms with van der Waals surface area (Å²) in [5, 5.41) is 10.5. The molecule has 0 amide bonds. The first-order chi connectivity index (χ1) is 9.76. The van der Waals surface area contributed by atoms with Crippen LogP contribution in [0.25, 0.3) is 10.9 Å². The molecule has 0 aliphatic heterocycles. The van der Waals surface area contributed by atoms with Crippen molar-refractivity contribution in [3.05, 3.63) is 36.0 Å². The van der Waals surface area contributed by atoms with Crippen molar-refractivity contribution in [2.45, 2.75) is 45.4 Å². The van der Waals surface area contributed by atoms with E-state index in [1.807, 2.05) is 24.4 Å². The van der Waals surface area contributed by atoms with Gasteiger partial charge in [-0.1, -0.05) is 39.0 Å². The van der Waals surface area contributed by atoms with Gasteiger partial charge in [0.05, 0.1) is 12.2 Å². The van der Waals surface area contributed by atoms with E-state index in [9.17, 15) is 5.26 Å². The second-order valence-corrected chi connectivity index (χ2v) is 11.8. The Morgan fingerprint density at radius 2 is 1.90 bits per heavy atom. The Hall–Kier alpha value is -1.57. The minimum atomic E-state index is -1.71. The zero-order valence-corrected chi connectivity index (χ0v) is 14.6. The summed E-state index contributed by atoms with van der Waals surface area (Å²) < 4.78 is 8.35. The maximum Gasteiger partial charge on any atom is 0.192 e. The molecule has 2 rings (SSSR count). The molecule has 0 aliphatic rings. The third-order valence-electron chi connectivity index (χ3n) is 4.51. The van der Waals surface area contributed by atoms with Crippen LogP contribution >= 0.6 is 0 Å². The van der Waals surface area contributed by atoms with E-state index in [0.717, 1.165) is 23.0 Å². The van der Waals surface area contributed by atoms with Crippen LogP contribution in [0, 0.1) is 11.3 Å². The van der Waals surface area contributed by atoms with Crippen LogP contribution in [-0.2, 0) is 11.0 Å². The van der Waals surface area contributed by atoms with Crippen LogP contribution in [-0.4, -0.2) is 19.5 Å². The highest BCUT2D eigenvalue weighted by Crippen LogP contribution is 2.36. The second kappa shape index (κ2) is 5.67. The first kappa shape index (κ1) is 15.8. The molecule has 0 saturated carbocycles. The normalized spacial score (nSPS) is 12.6. The molecular weight excluding hydrogens is 276 g/mol. The van der Waals surface area contributed by atoms with Gasteiger partial charge in [-0.15, -0.1) is 0 Å². The van der Waals surface area contributed by atoms with Crippen molar-refractivity contribution in [1.29, 1.82) is 5.26 Å². The highest BCUT2D eigenvalue weighted by Gasteiger charge is 2.36. The highest BCUT2D eigenvalue weighted by molar-refractivity contribution is 6.74. The third-order valence-corrected chi connectivity index (χ3v) is 9.05. The molecule has 0 unspecified atom stereocenters. The fourth-order valence-electron chi connectivity index (χ4n) is 2.14. The summed E-state index contributed by atoms with van der Waals surface area (Å²) >= 11 is 0. The van der Waals surface area contributed by atoms with E-state index in [1.165, 1.54) is 0 Å². The van der Waals surface area contributed by atoms with Crippen molar-refractivity contribution in [3.63, 3.8) is 0 Å². The van der Waals surface area contributed by atoms with Crippen molar-refractivity contribution < 1.29 is 4.43 Å². The molecule has 0 N–H and O–H groups in total. The first-order valence-electron chi connectivity index (χ1n) is 7.38. The molecule has 1 aromatic carbocycles. The van der Waals surface area contributed by atoms with E-state index in [-0.39, 0.29) is 5.04 Å². The average Bonchev–Trinajstić information content (AvgIpc) is 2.76. The molecule has 0 aliphatic carbocycles. The van der Waals surface area contributed by atoms with Gasteiger partial charge >= 0.3 is 0 Å². The lowest BCUT2D eigenvalue weighted by Crippen LogP contribution is -2.41. The van der Waals surface area contributed by atoms with Crippen molar-refractivity contribution in [2.75, 3.05) is 6.61 Å². The minimum Gasteiger partial charge on any atom is -0.415 e. The lowest BCUT2D eigenvalue weighted by molar-refractivity contribution is 0.273. The summed E-state index contributed by atoms with van der Waals surface area (Å²) in [6.07, 6.45) is 1.93. The van der Waals surface area contributed by atoms with Crippen molar-refractivity contribution in [1.82, 2.24) is 4.57 Å². The highest BCUT2D eigenvalue weighted by atomic mass is 28.4. The molecule has 3 nitrogen and oxygen atoms in total. The number of nitrogens with zero attached hydrogens (tertiary/aromatic N) is 2. The van der Waals surface area contributed by atoms with Crippen LogP contribution in [0.3, 0.4) is 0 Å². The third kappa shape index (κ3) is 3.20. The van der Waals surface area contributed by atoms with Gasteiger partial charge in [-0.05, 0) is 24.2 Å². The number of aromatic nitrogens is 1. The van der Waals surface area contributed by atoms with Gasteiger partial charge in [-0.3, -0.25) is 0 Å². The van der Waals surface area contributed by atoms with Crippen molar-refractivity contribution >= 4 is 19.2 Å². The second-order valence-electron chi connectivity index (χ2n) is 6.97. The maximum absolute atomic E-state index is 9.22. The Kier molecular flexibility index (Phi) is 4.27. The number of nitriles is 1. The minimum absolute atomic E-state index is 0.226. The Morgan fingerprint density at radius 3 is 2.52 bits per heavy atom. The summed E-state index contributed by atoms with van der Waals surface area (Å²) in [6.45, 7) is 12.8. The molecule has 4 heteroatoms. The number of para-hydroxylation sites is 1. The largest absolute Gasteiger partial charge is 0.415 e. The number of hydrogen-bond donors (Lipinski definition) is 0. The number of fused-ring (bicyclic) bond motifs is 1. The topological polar surface area (TPSA) is 38.0 Å². The van der Waals surface area contributed by atoms with Gasteiger partial charge in [-0.2, -0.15) is 5.26 Å². The summed E-state index contributed by atoms with van der Waals surface area (Å²) in [7, 11) is -1.71. The van der Waals surface area contributed by atoms with E-state index in [2.05, 4.69) is 50.6 Å². The predicted molar refractivity (Wildman–Crippen MR) is 89.8 cm³/mol. The smallest absolute Gasteiger partial charge is 0.192 e. The standard InChI is InChI=1S/C17H24N2OSi/c1-17(2,3)21(4,5)20-11-10-19-13-14(12-18)15-8-6-7-9-16(15)19/h6-9,13H,10-11H2,1-5H3. The monoisotopic (exact) mass is 300 g/mol. The molecule has 0 radical (unpaired) electrons. The zero-order valence-electron chi connectivity index (χ0n) is 13.6. The Balaban J connectivity index is 2.14. The summed E-state index contributed by atoms with van der Waals surface area (Å²) in [5.74, 6) is 0. The van der Waals surface area contributed by atoms with Crippen LogP contribution in [0.2, 0.25) is 18.1 Å². The van der Waals surface area contributed by atoms with E-state index in [4.69, 9.17) is 4.43 Å². The lowest BCUT2D eigenvalue weighted by atomic mass is 10.2. The zero-order chi connectivity index (χ0) is 15.7. The molecule has 2 aromatic rings. The summed E-state index contributed by atoms with van der Waals surface area (Å²) in [6, 6.07) is 10.3. The lowest BCUT2D eigenvalue weighted by Gasteiger charge is -2.36. The van der Waals surface area contributed by atoms with Crippen molar-refractivity contribution in [3.8, 4) is 6.07 Å². The van der Waals surface area contributed by atoms with Gasteiger partial charge in [0.1, 0.15) is 6.07 Å². The number of rotatable bonds is 4. The molecule has 0 saturated heterocycles. The first-order valence-corrected chi connectivity index (χ1v) is 10.3. The van der Waals surface area contributed by atoms with Crippen LogP contribution < -0.4 is 0 Å². The van der Waals surface area contributed by atoms with Crippen LogP contribution in [0.4, 0.5) is 0 Å².